The van der Waals surface area contributed by atoms with Crippen LogP contribution in [0.4, 0.5) is 0 Å². The van der Waals surface area contributed by atoms with Gasteiger partial charge >= 0.3 is 5.97 Å². The van der Waals surface area contributed by atoms with Gasteiger partial charge in [0.25, 0.3) is 5.91 Å². The van der Waals surface area contributed by atoms with Crippen LogP contribution in [0.3, 0.4) is 0 Å². The summed E-state index contributed by atoms with van der Waals surface area (Å²) in [4.78, 5) is 25.9. The van der Waals surface area contributed by atoms with E-state index in [-0.39, 0.29) is 12.3 Å². The zero-order valence-electron chi connectivity index (χ0n) is 16.4. The summed E-state index contributed by atoms with van der Waals surface area (Å²) in [5.74, 6) is -0.831. The van der Waals surface area contributed by atoms with Gasteiger partial charge in [-0.05, 0) is 49.2 Å². The molecule has 29 heavy (non-hydrogen) atoms. The minimum absolute atomic E-state index is 0.000132. The number of carboxylic acid groups (broad SMARTS) is 1. The summed E-state index contributed by atoms with van der Waals surface area (Å²) in [5, 5.41) is 13.4. The maximum Gasteiger partial charge on any atom is 0.303 e. The second kappa shape index (κ2) is 7.95. The average Bonchev–Trinajstić information content (AvgIpc) is 3.32. The standard InChI is InChI=1S/C22H24N4O3/c1-16-5-6-17(13-20(16)24-9-2-3-10-24)22(29)25-11-4-12-26-19(15-25)14-18(23-26)7-8-21(27)28/h2-3,5-6,9-10,13-14H,4,7-8,11-12,15H2,1H3,(H,27,28). The number of benzene rings is 1. The minimum Gasteiger partial charge on any atom is -0.481 e. The third-order valence-corrected chi connectivity index (χ3v) is 5.29. The number of aromatic nitrogens is 3. The number of carbonyl (C=O) groups is 2. The molecule has 7 heteroatoms. The summed E-state index contributed by atoms with van der Waals surface area (Å²) in [6.07, 6.45) is 5.22. The number of nitrogens with zero attached hydrogens (tertiary/aromatic N) is 4. The normalized spacial score (nSPS) is 13.8. The van der Waals surface area contributed by atoms with Crippen LogP contribution in [0.5, 0.6) is 0 Å². The van der Waals surface area contributed by atoms with E-state index in [0.717, 1.165) is 35.6 Å². The van der Waals surface area contributed by atoms with Crippen LogP contribution in [0.2, 0.25) is 0 Å². The number of hydrogen-bond donors (Lipinski definition) is 1. The van der Waals surface area contributed by atoms with Gasteiger partial charge in [-0.1, -0.05) is 6.07 Å². The molecule has 3 heterocycles. The monoisotopic (exact) mass is 392 g/mol. The largest absolute Gasteiger partial charge is 0.481 e. The molecule has 0 atom stereocenters. The molecule has 0 saturated carbocycles. The molecule has 0 saturated heterocycles. The third kappa shape index (κ3) is 4.08. The van der Waals surface area contributed by atoms with E-state index in [1.54, 1.807) is 0 Å². The molecule has 2 aromatic heterocycles. The number of hydrogen-bond acceptors (Lipinski definition) is 3. The highest BCUT2D eigenvalue weighted by Gasteiger charge is 2.22. The van der Waals surface area contributed by atoms with Crippen LogP contribution in [-0.4, -0.2) is 42.8 Å². The molecule has 4 rings (SSSR count). The van der Waals surface area contributed by atoms with Crippen LogP contribution in [0.1, 0.15) is 40.2 Å². The SMILES string of the molecule is Cc1ccc(C(=O)N2CCCn3nc(CCC(=O)O)cc3C2)cc1-n1cccc1. The summed E-state index contributed by atoms with van der Waals surface area (Å²) in [7, 11) is 0. The molecule has 0 radical (unpaired) electrons. The number of aliphatic carboxylic acids is 1. The van der Waals surface area contributed by atoms with Gasteiger partial charge in [0.2, 0.25) is 0 Å². The van der Waals surface area contributed by atoms with E-state index in [2.05, 4.69) is 5.10 Å². The molecule has 0 aliphatic carbocycles. The van der Waals surface area contributed by atoms with Gasteiger partial charge in [-0.3, -0.25) is 14.3 Å². The molecule has 7 nitrogen and oxygen atoms in total. The predicted molar refractivity (Wildman–Crippen MR) is 108 cm³/mol. The lowest BCUT2D eigenvalue weighted by Gasteiger charge is -2.21. The van der Waals surface area contributed by atoms with Crippen LogP contribution in [0.15, 0.2) is 48.8 Å². The van der Waals surface area contributed by atoms with E-state index in [0.29, 0.717) is 25.1 Å². The molecule has 0 bridgehead atoms. The van der Waals surface area contributed by atoms with E-state index in [4.69, 9.17) is 5.11 Å². The van der Waals surface area contributed by atoms with Crippen molar-refractivity contribution in [3.05, 3.63) is 71.3 Å². The van der Waals surface area contributed by atoms with Gasteiger partial charge in [-0.2, -0.15) is 5.10 Å². The second-order valence-corrected chi connectivity index (χ2v) is 7.42. The van der Waals surface area contributed by atoms with Crippen molar-refractivity contribution in [3.63, 3.8) is 0 Å². The number of fused-ring (bicyclic) bond motifs is 1. The summed E-state index contributed by atoms with van der Waals surface area (Å²) >= 11 is 0. The van der Waals surface area contributed by atoms with Crippen molar-refractivity contribution in [1.29, 1.82) is 0 Å². The molecule has 1 N–H and O–H groups in total. The van der Waals surface area contributed by atoms with E-state index in [1.165, 1.54) is 0 Å². The summed E-state index contributed by atoms with van der Waals surface area (Å²) in [6, 6.07) is 11.7. The third-order valence-electron chi connectivity index (χ3n) is 5.29. The molecule has 0 spiro atoms. The molecule has 0 fully saturated rings. The number of carbonyl (C=O) groups excluding carboxylic acids is 1. The highest BCUT2D eigenvalue weighted by molar-refractivity contribution is 5.95. The lowest BCUT2D eigenvalue weighted by Crippen LogP contribution is -2.30. The lowest BCUT2D eigenvalue weighted by molar-refractivity contribution is -0.136. The first-order valence-corrected chi connectivity index (χ1v) is 9.82. The molecule has 1 aromatic carbocycles. The Morgan fingerprint density at radius 1 is 1.14 bits per heavy atom. The molecule has 0 unspecified atom stereocenters. The predicted octanol–water partition coefficient (Wildman–Crippen LogP) is 3.05. The summed E-state index contributed by atoms with van der Waals surface area (Å²) < 4.78 is 3.92. The van der Waals surface area contributed by atoms with Crippen molar-refractivity contribution < 1.29 is 14.7 Å². The smallest absolute Gasteiger partial charge is 0.303 e. The average molecular weight is 392 g/mol. The minimum atomic E-state index is -0.831. The first-order valence-electron chi connectivity index (χ1n) is 9.82. The summed E-state index contributed by atoms with van der Waals surface area (Å²) in [5.41, 5.74) is 4.49. The Labute approximate surface area is 169 Å². The second-order valence-electron chi connectivity index (χ2n) is 7.42. The fraction of sp³-hybridized carbons (Fsp3) is 0.318. The Balaban J connectivity index is 1.55. The fourth-order valence-electron chi connectivity index (χ4n) is 3.75. The Kier molecular flexibility index (Phi) is 5.20. The highest BCUT2D eigenvalue weighted by Crippen LogP contribution is 2.21. The van der Waals surface area contributed by atoms with Crippen molar-refractivity contribution in [2.75, 3.05) is 6.54 Å². The van der Waals surface area contributed by atoms with Gasteiger partial charge in [0.15, 0.2) is 0 Å². The Morgan fingerprint density at radius 2 is 1.93 bits per heavy atom. The van der Waals surface area contributed by atoms with Crippen LogP contribution in [0.25, 0.3) is 5.69 Å². The van der Waals surface area contributed by atoms with Crippen molar-refractivity contribution in [2.24, 2.45) is 0 Å². The molecule has 1 aliphatic rings. The number of carboxylic acids is 1. The molecular weight excluding hydrogens is 368 g/mol. The molecule has 3 aromatic rings. The molecule has 1 amide bonds. The highest BCUT2D eigenvalue weighted by atomic mass is 16.4. The Hall–Kier alpha value is -3.35. The van der Waals surface area contributed by atoms with Crippen molar-refractivity contribution in [1.82, 2.24) is 19.2 Å². The van der Waals surface area contributed by atoms with Crippen LogP contribution in [0, 0.1) is 6.92 Å². The van der Waals surface area contributed by atoms with Gasteiger partial charge < -0.3 is 14.6 Å². The van der Waals surface area contributed by atoms with Crippen LogP contribution in [-0.2, 0) is 24.3 Å². The van der Waals surface area contributed by atoms with Crippen LogP contribution >= 0.6 is 0 Å². The quantitative estimate of drug-likeness (QED) is 0.724. The van der Waals surface area contributed by atoms with Crippen molar-refractivity contribution in [2.45, 2.75) is 39.3 Å². The molecule has 1 aliphatic heterocycles. The molecular formula is C22H24N4O3. The van der Waals surface area contributed by atoms with E-state index >= 15 is 0 Å². The van der Waals surface area contributed by atoms with Crippen LogP contribution < -0.4 is 0 Å². The first-order chi connectivity index (χ1) is 14.0. The fourth-order valence-corrected chi connectivity index (χ4v) is 3.75. The van der Waals surface area contributed by atoms with E-state index in [9.17, 15) is 9.59 Å². The van der Waals surface area contributed by atoms with Crippen molar-refractivity contribution in [3.8, 4) is 5.69 Å². The zero-order valence-corrected chi connectivity index (χ0v) is 16.4. The van der Waals surface area contributed by atoms with Gasteiger partial charge in [0, 0.05) is 43.2 Å². The van der Waals surface area contributed by atoms with Crippen molar-refractivity contribution >= 4 is 11.9 Å². The maximum absolute atomic E-state index is 13.2. The van der Waals surface area contributed by atoms with Gasteiger partial charge in [-0.25, -0.2) is 0 Å². The lowest BCUT2D eigenvalue weighted by atomic mass is 10.1. The van der Waals surface area contributed by atoms with E-state index in [1.807, 2.05) is 69.9 Å². The first kappa shape index (κ1) is 19.0. The Bertz CT molecular complexity index is 1040. The summed E-state index contributed by atoms with van der Waals surface area (Å²) in [6.45, 7) is 3.91. The number of rotatable bonds is 5. The van der Waals surface area contributed by atoms with E-state index < -0.39 is 5.97 Å². The van der Waals surface area contributed by atoms with Gasteiger partial charge in [0.05, 0.1) is 24.4 Å². The Morgan fingerprint density at radius 3 is 2.69 bits per heavy atom. The van der Waals surface area contributed by atoms with Gasteiger partial charge in [-0.15, -0.1) is 0 Å². The number of aryl methyl sites for hydroxylation is 3. The number of amides is 1. The topological polar surface area (TPSA) is 80.4 Å². The maximum atomic E-state index is 13.2. The molecule has 150 valence electrons. The zero-order chi connectivity index (χ0) is 20.4. The van der Waals surface area contributed by atoms with Gasteiger partial charge in [0.1, 0.15) is 0 Å².